The highest BCUT2D eigenvalue weighted by molar-refractivity contribution is 6.33. The van der Waals surface area contributed by atoms with Crippen LogP contribution < -0.4 is 15.4 Å². The number of hydrogen-bond acceptors (Lipinski definition) is 4. The van der Waals surface area contributed by atoms with Gasteiger partial charge in [-0.25, -0.2) is 4.39 Å². The molecule has 2 aromatic carbocycles. The first-order valence-electron chi connectivity index (χ1n) is 8.73. The van der Waals surface area contributed by atoms with Crippen LogP contribution in [0.2, 0.25) is 5.02 Å². The van der Waals surface area contributed by atoms with Crippen molar-refractivity contribution in [3.63, 3.8) is 0 Å². The number of halogens is 2. The van der Waals surface area contributed by atoms with Gasteiger partial charge in [-0.3, -0.25) is 14.3 Å². The molecule has 3 aromatic rings. The van der Waals surface area contributed by atoms with E-state index in [-0.39, 0.29) is 16.7 Å². The minimum atomic E-state index is -1.79. The Hall–Kier alpha value is -3.39. The fourth-order valence-corrected chi connectivity index (χ4v) is 3.08. The van der Waals surface area contributed by atoms with Gasteiger partial charge in [-0.1, -0.05) is 35.9 Å². The van der Waals surface area contributed by atoms with Gasteiger partial charge in [-0.05, 0) is 36.8 Å². The molecule has 0 radical (unpaired) electrons. The van der Waals surface area contributed by atoms with Crippen molar-refractivity contribution in [3.8, 4) is 5.75 Å². The fourth-order valence-electron chi connectivity index (χ4n) is 2.88. The number of rotatable bonds is 4. The minimum Gasteiger partial charge on any atom is -0.466 e. The molecule has 1 aliphatic heterocycles. The van der Waals surface area contributed by atoms with Crippen LogP contribution in [-0.2, 0) is 16.1 Å². The summed E-state index contributed by atoms with van der Waals surface area (Å²) in [6.07, 6.45) is 1.53. The SMILES string of the molecule is CC1(C(=O)Nc2nn(Cc3ccc(F)cc3)cc2Cl)Oc2ccccc2NC1=O. The number of amides is 2. The fraction of sp³-hybridized carbons (Fsp3) is 0.150. The first kappa shape index (κ1) is 18.9. The molecule has 29 heavy (non-hydrogen) atoms. The van der Waals surface area contributed by atoms with Crippen LogP contribution >= 0.6 is 11.6 Å². The van der Waals surface area contributed by atoms with Gasteiger partial charge >= 0.3 is 0 Å². The number of benzene rings is 2. The number of anilines is 2. The molecule has 1 aromatic heterocycles. The van der Waals surface area contributed by atoms with Crippen molar-refractivity contribution in [1.82, 2.24) is 9.78 Å². The van der Waals surface area contributed by atoms with E-state index in [1.54, 1.807) is 36.4 Å². The predicted octanol–water partition coefficient (Wildman–Crippen LogP) is 3.45. The summed E-state index contributed by atoms with van der Waals surface area (Å²) in [6, 6.07) is 12.8. The average Bonchev–Trinajstić information content (AvgIpc) is 3.03. The van der Waals surface area contributed by atoms with Crippen molar-refractivity contribution in [2.75, 3.05) is 10.6 Å². The molecule has 148 valence electrons. The molecule has 0 fully saturated rings. The Bertz CT molecular complexity index is 1100. The van der Waals surface area contributed by atoms with Crippen LogP contribution in [0, 0.1) is 5.82 Å². The molecule has 2 amide bonds. The van der Waals surface area contributed by atoms with Crippen LogP contribution in [0.3, 0.4) is 0 Å². The van der Waals surface area contributed by atoms with Crippen LogP contribution in [0.25, 0.3) is 0 Å². The van der Waals surface area contributed by atoms with E-state index >= 15 is 0 Å². The van der Waals surface area contributed by atoms with Gasteiger partial charge in [0.15, 0.2) is 5.82 Å². The lowest BCUT2D eigenvalue weighted by Gasteiger charge is -2.32. The first-order valence-corrected chi connectivity index (χ1v) is 9.11. The number of carbonyl (C=O) groups excluding carboxylic acids is 2. The molecule has 7 nitrogen and oxygen atoms in total. The van der Waals surface area contributed by atoms with Crippen LogP contribution in [-0.4, -0.2) is 27.2 Å². The largest absolute Gasteiger partial charge is 0.466 e. The van der Waals surface area contributed by atoms with Gasteiger partial charge in [-0.15, -0.1) is 0 Å². The van der Waals surface area contributed by atoms with Crippen molar-refractivity contribution in [2.45, 2.75) is 19.1 Å². The molecular formula is C20H16ClFN4O3. The molecule has 2 heterocycles. The molecule has 9 heteroatoms. The zero-order valence-electron chi connectivity index (χ0n) is 15.3. The van der Waals surface area contributed by atoms with Crippen molar-refractivity contribution in [2.24, 2.45) is 0 Å². The summed E-state index contributed by atoms with van der Waals surface area (Å²) in [5, 5.41) is 9.64. The molecule has 1 unspecified atom stereocenters. The van der Waals surface area contributed by atoms with Gasteiger partial charge in [0.25, 0.3) is 17.4 Å². The molecular weight excluding hydrogens is 399 g/mol. The third-order valence-electron chi connectivity index (χ3n) is 4.52. The molecule has 1 atom stereocenters. The molecule has 0 saturated heterocycles. The number of nitrogens with zero attached hydrogens (tertiary/aromatic N) is 2. The van der Waals surface area contributed by atoms with Gasteiger partial charge in [-0.2, -0.15) is 5.10 Å². The van der Waals surface area contributed by atoms with E-state index in [4.69, 9.17) is 16.3 Å². The Morgan fingerprint density at radius 1 is 1.28 bits per heavy atom. The summed E-state index contributed by atoms with van der Waals surface area (Å²) in [5.74, 6) is -1.16. The predicted molar refractivity (Wildman–Crippen MR) is 105 cm³/mol. The molecule has 0 saturated carbocycles. The standard InChI is InChI=1S/C20H16ClFN4O3/c1-20(18(27)23-15-4-2-3-5-16(15)29-20)19(28)24-17-14(21)11-26(25-17)10-12-6-8-13(22)9-7-12/h2-9,11H,10H2,1H3,(H,23,27)(H,24,25,28). The monoisotopic (exact) mass is 414 g/mol. The number of carbonyl (C=O) groups is 2. The summed E-state index contributed by atoms with van der Waals surface area (Å²) in [6.45, 7) is 1.70. The Balaban J connectivity index is 1.52. The summed E-state index contributed by atoms with van der Waals surface area (Å²) in [7, 11) is 0. The second kappa shape index (κ2) is 7.21. The molecule has 2 N–H and O–H groups in total. The molecule has 0 bridgehead atoms. The summed E-state index contributed by atoms with van der Waals surface area (Å²) >= 11 is 6.18. The molecule has 0 spiro atoms. The van der Waals surface area contributed by atoms with E-state index in [0.29, 0.717) is 18.0 Å². The number of aromatic nitrogens is 2. The zero-order valence-corrected chi connectivity index (χ0v) is 16.0. The summed E-state index contributed by atoms with van der Waals surface area (Å²) in [4.78, 5) is 25.3. The smallest absolute Gasteiger partial charge is 0.279 e. The average molecular weight is 415 g/mol. The normalized spacial score (nSPS) is 17.8. The van der Waals surface area contributed by atoms with Gasteiger partial charge in [0.05, 0.1) is 12.2 Å². The Labute approximate surface area is 170 Å². The third kappa shape index (κ3) is 3.66. The number of fused-ring (bicyclic) bond motifs is 1. The first-order chi connectivity index (χ1) is 13.8. The highest BCUT2D eigenvalue weighted by Crippen LogP contribution is 2.34. The maximum absolute atomic E-state index is 13.0. The highest BCUT2D eigenvalue weighted by atomic mass is 35.5. The van der Waals surface area contributed by atoms with E-state index in [9.17, 15) is 14.0 Å². The van der Waals surface area contributed by atoms with Gasteiger partial charge in [0, 0.05) is 6.20 Å². The van der Waals surface area contributed by atoms with Gasteiger partial charge in [0.1, 0.15) is 16.6 Å². The van der Waals surface area contributed by atoms with Crippen molar-refractivity contribution >= 4 is 34.9 Å². The van der Waals surface area contributed by atoms with Gasteiger partial charge in [0.2, 0.25) is 0 Å². The van der Waals surface area contributed by atoms with Crippen molar-refractivity contribution in [3.05, 3.63) is 71.1 Å². The second-order valence-electron chi connectivity index (χ2n) is 6.69. The van der Waals surface area contributed by atoms with E-state index in [0.717, 1.165) is 5.56 Å². The third-order valence-corrected chi connectivity index (χ3v) is 4.80. The van der Waals surface area contributed by atoms with E-state index in [1.807, 2.05) is 0 Å². The number of nitrogens with one attached hydrogen (secondary N) is 2. The lowest BCUT2D eigenvalue weighted by molar-refractivity contribution is -0.143. The van der Waals surface area contributed by atoms with E-state index in [1.165, 1.54) is 29.9 Å². The maximum atomic E-state index is 13.0. The van der Waals surface area contributed by atoms with Crippen LogP contribution in [0.5, 0.6) is 5.75 Å². The van der Waals surface area contributed by atoms with Crippen LogP contribution in [0.4, 0.5) is 15.9 Å². The summed E-state index contributed by atoms with van der Waals surface area (Å²) in [5.41, 5.74) is -0.496. The molecule has 4 rings (SSSR count). The zero-order chi connectivity index (χ0) is 20.6. The lowest BCUT2D eigenvalue weighted by Crippen LogP contribution is -2.56. The second-order valence-corrected chi connectivity index (χ2v) is 7.10. The Morgan fingerprint density at radius 3 is 2.76 bits per heavy atom. The van der Waals surface area contributed by atoms with Crippen LogP contribution in [0.15, 0.2) is 54.7 Å². The quantitative estimate of drug-likeness (QED) is 0.640. The number of hydrogen-bond donors (Lipinski definition) is 2. The van der Waals surface area contributed by atoms with Crippen molar-refractivity contribution < 1.29 is 18.7 Å². The van der Waals surface area contributed by atoms with Crippen LogP contribution in [0.1, 0.15) is 12.5 Å². The Morgan fingerprint density at radius 2 is 2.00 bits per heavy atom. The lowest BCUT2D eigenvalue weighted by atomic mass is 10.0. The van der Waals surface area contributed by atoms with Gasteiger partial charge < -0.3 is 15.4 Å². The minimum absolute atomic E-state index is 0.0928. The summed E-state index contributed by atoms with van der Waals surface area (Å²) < 4.78 is 20.2. The topological polar surface area (TPSA) is 85.2 Å². The van der Waals surface area contributed by atoms with Crippen molar-refractivity contribution in [1.29, 1.82) is 0 Å². The number of para-hydroxylation sites is 2. The maximum Gasteiger partial charge on any atom is 0.279 e. The Kier molecular flexibility index (Phi) is 4.71. The van der Waals surface area contributed by atoms with E-state index in [2.05, 4.69) is 15.7 Å². The molecule has 1 aliphatic rings. The highest BCUT2D eigenvalue weighted by Gasteiger charge is 2.47. The molecule has 0 aliphatic carbocycles. The number of ether oxygens (including phenoxy) is 1. The van der Waals surface area contributed by atoms with E-state index < -0.39 is 17.4 Å².